The van der Waals surface area contributed by atoms with Gasteiger partial charge < -0.3 is 9.84 Å². The number of carboxylic acid groups (broad SMARTS) is 1. The van der Waals surface area contributed by atoms with Gasteiger partial charge in [-0.3, -0.25) is 10.1 Å². The van der Waals surface area contributed by atoms with Crippen LogP contribution in [0.3, 0.4) is 0 Å². The van der Waals surface area contributed by atoms with Gasteiger partial charge >= 0.3 is 6.16 Å². The highest BCUT2D eigenvalue weighted by Crippen LogP contribution is 2.24. The maximum Gasteiger partial charge on any atom is 0.511 e. The summed E-state index contributed by atoms with van der Waals surface area (Å²) < 4.78 is 26.0. The van der Waals surface area contributed by atoms with E-state index in [2.05, 4.69) is 4.74 Å². The smallest absolute Gasteiger partial charge is 0.449 e. The number of non-ortho nitro benzene ring substituents is 1. The van der Waals surface area contributed by atoms with Crippen LogP contribution in [0.2, 0.25) is 0 Å². The molecule has 1 rings (SSSR count). The van der Waals surface area contributed by atoms with E-state index in [0.29, 0.717) is 0 Å². The van der Waals surface area contributed by atoms with Crippen molar-refractivity contribution >= 4 is 27.0 Å². The van der Waals surface area contributed by atoms with Crippen molar-refractivity contribution in [1.29, 1.82) is 0 Å². The molecule has 0 spiro atoms. The zero-order valence-corrected chi connectivity index (χ0v) is 11.8. The zero-order valence-electron chi connectivity index (χ0n) is 11.0. The predicted octanol–water partition coefficient (Wildman–Crippen LogP) is 2.10. The normalized spacial score (nSPS) is 8.95. The summed E-state index contributed by atoms with van der Waals surface area (Å²) in [6.45, 7) is 5.18. The van der Waals surface area contributed by atoms with E-state index in [9.17, 15) is 23.3 Å². The van der Waals surface area contributed by atoms with E-state index in [-0.39, 0.29) is 21.9 Å². The molecule has 1 aromatic rings. The third kappa shape index (κ3) is 4.69. The monoisotopic (exact) mass is 303 g/mol. The molecule has 1 N–H and O–H groups in total. The number of nitro benzene ring substituents is 1. The lowest BCUT2D eigenvalue weighted by Crippen LogP contribution is -2.08. The fourth-order valence-electron chi connectivity index (χ4n) is 1.18. The van der Waals surface area contributed by atoms with Crippen LogP contribution in [0.5, 0.6) is 5.75 Å². The van der Waals surface area contributed by atoms with Crippen LogP contribution in [0.4, 0.5) is 10.5 Å². The van der Waals surface area contributed by atoms with Crippen molar-refractivity contribution in [3.63, 3.8) is 0 Å². The number of rotatable bonds is 3. The van der Waals surface area contributed by atoms with Crippen molar-refractivity contribution in [3.8, 4) is 5.75 Å². The van der Waals surface area contributed by atoms with E-state index >= 15 is 0 Å². The van der Waals surface area contributed by atoms with Gasteiger partial charge in [-0.15, -0.1) is 0 Å². The number of carbonyl (C=O) groups is 1. The molecule has 0 bridgehead atoms. The molecule has 0 radical (unpaired) electrons. The van der Waals surface area contributed by atoms with Crippen LogP contribution >= 0.6 is 0 Å². The molecule has 0 saturated carbocycles. The van der Waals surface area contributed by atoms with E-state index in [1.165, 1.54) is 6.92 Å². The summed E-state index contributed by atoms with van der Waals surface area (Å²) in [5.41, 5.74) is -0.535. The summed E-state index contributed by atoms with van der Waals surface area (Å²) in [6, 6.07) is 2.98. The van der Waals surface area contributed by atoms with Gasteiger partial charge in [-0.25, -0.2) is 4.79 Å². The lowest BCUT2D eigenvalue weighted by molar-refractivity contribution is -0.384. The van der Waals surface area contributed by atoms with E-state index < -0.39 is 21.4 Å². The summed E-state index contributed by atoms with van der Waals surface area (Å²) >= 11 is 0. The van der Waals surface area contributed by atoms with Crippen LogP contribution < -0.4 is 4.74 Å². The number of hydrogen-bond acceptors (Lipinski definition) is 6. The fraction of sp³-hybridized carbons (Fsp3) is 0.273. The number of benzene rings is 1. The van der Waals surface area contributed by atoms with Gasteiger partial charge in [-0.05, 0) is 13.0 Å². The van der Waals surface area contributed by atoms with Gasteiger partial charge in [-0.1, -0.05) is 13.8 Å². The van der Waals surface area contributed by atoms with E-state index in [0.717, 1.165) is 18.2 Å². The molecule has 9 heteroatoms. The molecule has 20 heavy (non-hydrogen) atoms. The Hall–Kier alpha value is -2.42. The first-order valence-electron chi connectivity index (χ1n) is 5.45. The SMILES string of the molecule is CC.CC(c1cc([N+](=O)[O-])ccc1OC(=O)O)=S(=O)=O. The first-order valence-corrected chi connectivity index (χ1v) is 6.53. The molecule has 0 aliphatic rings. The summed E-state index contributed by atoms with van der Waals surface area (Å²) in [6.07, 6.45) is -1.64. The molecule has 0 heterocycles. The Kier molecular flexibility index (Phi) is 6.94. The number of nitrogens with zero attached hydrogens (tertiary/aromatic N) is 1. The highest BCUT2D eigenvalue weighted by molar-refractivity contribution is 7.73. The third-order valence-electron chi connectivity index (χ3n) is 2.00. The molecule has 110 valence electrons. The second-order valence-corrected chi connectivity index (χ2v) is 4.18. The van der Waals surface area contributed by atoms with Crippen molar-refractivity contribution < 1.29 is 28.0 Å². The van der Waals surface area contributed by atoms with Gasteiger partial charge in [0, 0.05) is 17.7 Å². The molecule has 0 aromatic heterocycles. The fourth-order valence-corrected chi connectivity index (χ4v) is 1.52. The number of ether oxygens (including phenoxy) is 1. The molecular formula is C11H13NO7S. The minimum Gasteiger partial charge on any atom is -0.449 e. The van der Waals surface area contributed by atoms with Gasteiger partial charge in [-0.2, -0.15) is 8.42 Å². The first kappa shape index (κ1) is 17.6. The van der Waals surface area contributed by atoms with Gasteiger partial charge in [0.1, 0.15) is 5.75 Å². The van der Waals surface area contributed by atoms with E-state index in [4.69, 9.17) is 5.11 Å². The maximum absolute atomic E-state index is 10.8. The van der Waals surface area contributed by atoms with E-state index in [1.54, 1.807) is 0 Å². The highest BCUT2D eigenvalue weighted by atomic mass is 32.2. The Morgan fingerprint density at radius 2 is 1.90 bits per heavy atom. The number of hydrogen-bond donors (Lipinski definition) is 1. The van der Waals surface area contributed by atoms with Crippen molar-refractivity contribution in [3.05, 3.63) is 33.9 Å². The molecule has 0 aliphatic carbocycles. The lowest BCUT2D eigenvalue weighted by Gasteiger charge is -2.05. The van der Waals surface area contributed by atoms with Crippen LogP contribution in [0, 0.1) is 10.1 Å². The second-order valence-electron chi connectivity index (χ2n) is 3.10. The topological polar surface area (TPSA) is 124 Å². The van der Waals surface area contributed by atoms with E-state index in [1.807, 2.05) is 13.8 Å². The van der Waals surface area contributed by atoms with Gasteiger partial charge in [0.2, 0.25) is 10.3 Å². The standard InChI is InChI=1S/C9H7NO7S.C2H6/c1-5(18(15)16)7-4-6(10(13)14)2-3-8(7)17-9(11)12;1-2/h2-4H,1H3,(H,11,12);1-2H3. The average molecular weight is 303 g/mol. The minimum atomic E-state index is -2.64. The van der Waals surface area contributed by atoms with Crippen LogP contribution in [0.15, 0.2) is 18.2 Å². The number of nitro groups is 1. The molecule has 8 nitrogen and oxygen atoms in total. The molecule has 0 aliphatic heterocycles. The zero-order chi connectivity index (χ0) is 15.9. The van der Waals surface area contributed by atoms with Crippen molar-refractivity contribution in [1.82, 2.24) is 0 Å². The van der Waals surface area contributed by atoms with Gasteiger partial charge in [0.15, 0.2) is 0 Å². The third-order valence-corrected chi connectivity index (χ3v) is 2.72. The Bertz CT molecular complexity index is 641. The molecule has 0 unspecified atom stereocenters. The van der Waals surface area contributed by atoms with Crippen LogP contribution in [0.25, 0.3) is 0 Å². The largest absolute Gasteiger partial charge is 0.511 e. The predicted molar refractivity (Wildman–Crippen MR) is 71.8 cm³/mol. The summed E-state index contributed by atoms with van der Waals surface area (Å²) in [5.74, 6) is -0.283. The maximum atomic E-state index is 10.8. The van der Waals surface area contributed by atoms with Gasteiger partial charge in [0.05, 0.1) is 9.79 Å². The van der Waals surface area contributed by atoms with Crippen LogP contribution in [-0.2, 0) is 10.3 Å². The van der Waals surface area contributed by atoms with Crippen LogP contribution in [0.1, 0.15) is 26.3 Å². The Morgan fingerprint density at radius 1 is 1.35 bits per heavy atom. The summed E-state index contributed by atoms with van der Waals surface area (Å²) in [4.78, 5) is 20.0. The second kappa shape index (κ2) is 7.89. The van der Waals surface area contributed by atoms with Crippen molar-refractivity contribution in [2.45, 2.75) is 20.8 Å². The lowest BCUT2D eigenvalue weighted by atomic mass is 10.1. The average Bonchev–Trinajstić information content (AvgIpc) is 2.39. The van der Waals surface area contributed by atoms with Crippen LogP contribution in [-0.4, -0.2) is 29.5 Å². The molecule has 1 aromatic carbocycles. The van der Waals surface area contributed by atoms with Gasteiger partial charge in [0.25, 0.3) is 5.69 Å². The molecule has 0 fully saturated rings. The molecule has 0 amide bonds. The quantitative estimate of drug-likeness (QED) is 0.226. The molecule has 0 saturated heterocycles. The first-order chi connectivity index (χ1) is 9.32. The summed E-state index contributed by atoms with van der Waals surface area (Å²) in [7, 11) is -2.64. The Labute approximate surface area is 116 Å². The Balaban J connectivity index is 0.00000172. The Morgan fingerprint density at radius 3 is 2.30 bits per heavy atom. The highest BCUT2D eigenvalue weighted by Gasteiger charge is 2.16. The molecule has 0 atom stereocenters. The summed E-state index contributed by atoms with van der Waals surface area (Å²) in [5, 5.41) is 19.0. The minimum absolute atomic E-state index is 0.167. The van der Waals surface area contributed by atoms with Crippen molar-refractivity contribution in [2.75, 3.05) is 0 Å². The molecular weight excluding hydrogens is 290 g/mol. The van der Waals surface area contributed by atoms with Crippen molar-refractivity contribution in [2.24, 2.45) is 0 Å².